The molecule has 0 bridgehead atoms. The standard InChI is InChI=1S/C25H33N5OS2/c1-5-19(16-31)13-14-26-23-22(24(32-4)29-20-9-7-6-8-10-20)18(3)28-25(30-23)27-15-21-12-11-17(2)33-21/h6-12,19,31H,5,13-16H2,1-4H3,(H2,26,27,28,30). The molecule has 0 aliphatic rings. The molecular formula is C25H33N5OS2. The number of aromatic nitrogens is 2. The minimum Gasteiger partial charge on any atom is -0.396 e. The molecule has 1 atom stereocenters. The largest absolute Gasteiger partial charge is 0.396 e. The first-order valence-electron chi connectivity index (χ1n) is 11.2. The number of rotatable bonds is 11. The molecule has 0 radical (unpaired) electrons. The van der Waals surface area contributed by atoms with Gasteiger partial charge in [-0.1, -0.05) is 31.5 Å². The Bertz CT molecular complexity index is 1050. The maximum atomic E-state index is 9.55. The predicted molar refractivity (Wildman–Crippen MR) is 143 cm³/mol. The van der Waals surface area contributed by atoms with Gasteiger partial charge in [-0.2, -0.15) is 4.98 Å². The lowest BCUT2D eigenvalue weighted by atomic mass is 10.0. The smallest absolute Gasteiger partial charge is 0.225 e. The second-order valence-electron chi connectivity index (χ2n) is 7.85. The first-order chi connectivity index (χ1) is 16.0. The first-order valence-corrected chi connectivity index (χ1v) is 13.3. The fraction of sp³-hybridized carbons (Fsp3) is 0.400. The molecular weight excluding hydrogens is 450 g/mol. The number of thioether (sulfide) groups is 1. The van der Waals surface area contributed by atoms with Crippen LogP contribution in [0.1, 0.15) is 40.8 Å². The zero-order valence-corrected chi connectivity index (χ0v) is 21.4. The molecule has 0 saturated carbocycles. The number of nitrogens with one attached hydrogen (secondary N) is 2. The number of benzene rings is 1. The van der Waals surface area contributed by atoms with Gasteiger partial charge in [-0.3, -0.25) is 0 Å². The highest BCUT2D eigenvalue weighted by Crippen LogP contribution is 2.27. The van der Waals surface area contributed by atoms with Gasteiger partial charge in [0.05, 0.1) is 23.5 Å². The fourth-order valence-electron chi connectivity index (χ4n) is 3.42. The third-order valence-electron chi connectivity index (χ3n) is 5.38. The predicted octanol–water partition coefficient (Wildman–Crippen LogP) is 6.03. The van der Waals surface area contributed by atoms with Crippen molar-refractivity contribution in [1.29, 1.82) is 0 Å². The van der Waals surface area contributed by atoms with Gasteiger partial charge in [0.25, 0.3) is 0 Å². The maximum Gasteiger partial charge on any atom is 0.225 e. The quantitative estimate of drug-likeness (QED) is 0.228. The van der Waals surface area contributed by atoms with E-state index in [9.17, 15) is 5.11 Å². The summed E-state index contributed by atoms with van der Waals surface area (Å²) in [7, 11) is 0. The van der Waals surface area contributed by atoms with E-state index in [0.29, 0.717) is 12.5 Å². The normalized spacial score (nSPS) is 12.6. The summed E-state index contributed by atoms with van der Waals surface area (Å²) < 4.78 is 0. The molecule has 2 aromatic heterocycles. The van der Waals surface area contributed by atoms with E-state index < -0.39 is 0 Å². The van der Waals surface area contributed by atoms with E-state index in [4.69, 9.17) is 15.0 Å². The van der Waals surface area contributed by atoms with Crippen molar-refractivity contribution in [3.63, 3.8) is 0 Å². The van der Waals surface area contributed by atoms with Crippen molar-refractivity contribution < 1.29 is 5.11 Å². The number of aliphatic hydroxyl groups excluding tert-OH is 1. The Morgan fingerprint density at radius 1 is 1.12 bits per heavy atom. The maximum absolute atomic E-state index is 9.55. The molecule has 176 valence electrons. The van der Waals surface area contributed by atoms with Gasteiger partial charge in [0.1, 0.15) is 10.9 Å². The third kappa shape index (κ3) is 7.28. The number of aliphatic hydroxyl groups is 1. The van der Waals surface area contributed by atoms with Crippen LogP contribution < -0.4 is 10.6 Å². The molecule has 3 N–H and O–H groups in total. The van der Waals surface area contributed by atoms with Crippen LogP contribution in [0.4, 0.5) is 17.5 Å². The summed E-state index contributed by atoms with van der Waals surface area (Å²) in [4.78, 5) is 17.0. The lowest BCUT2D eigenvalue weighted by Crippen LogP contribution is -2.17. The Morgan fingerprint density at radius 3 is 2.55 bits per heavy atom. The Labute approximate surface area is 205 Å². The summed E-state index contributed by atoms with van der Waals surface area (Å²) in [6.07, 6.45) is 3.85. The van der Waals surface area contributed by atoms with Gasteiger partial charge in [0.2, 0.25) is 5.95 Å². The molecule has 3 aromatic rings. The van der Waals surface area contributed by atoms with Crippen molar-refractivity contribution in [3.8, 4) is 0 Å². The summed E-state index contributed by atoms with van der Waals surface area (Å²) in [6.45, 7) is 7.82. The zero-order chi connectivity index (χ0) is 23.6. The molecule has 0 fully saturated rings. The molecule has 0 spiro atoms. The second-order valence-corrected chi connectivity index (χ2v) is 10.0. The van der Waals surface area contributed by atoms with Crippen LogP contribution in [0.5, 0.6) is 0 Å². The minimum absolute atomic E-state index is 0.201. The van der Waals surface area contributed by atoms with Crippen LogP contribution in [0.3, 0.4) is 0 Å². The molecule has 8 heteroatoms. The third-order valence-corrected chi connectivity index (χ3v) is 7.06. The number of thiophene rings is 1. The van der Waals surface area contributed by atoms with Crippen LogP contribution in [0.2, 0.25) is 0 Å². The number of aryl methyl sites for hydroxylation is 2. The van der Waals surface area contributed by atoms with E-state index in [-0.39, 0.29) is 12.5 Å². The van der Waals surface area contributed by atoms with Gasteiger partial charge in [0, 0.05) is 22.9 Å². The van der Waals surface area contributed by atoms with Crippen molar-refractivity contribution in [2.24, 2.45) is 10.9 Å². The van der Waals surface area contributed by atoms with Gasteiger partial charge in [-0.15, -0.1) is 23.1 Å². The van der Waals surface area contributed by atoms with Crippen LogP contribution >= 0.6 is 23.1 Å². The average molecular weight is 484 g/mol. The van der Waals surface area contributed by atoms with Crippen LogP contribution in [0.15, 0.2) is 47.5 Å². The molecule has 33 heavy (non-hydrogen) atoms. The Kier molecular flexibility index (Phi) is 9.72. The summed E-state index contributed by atoms with van der Waals surface area (Å²) in [6, 6.07) is 14.2. The summed E-state index contributed by atoms with van der Waals surface area (Å²) in [5.74, 6) is 1.64. The highest BCUT2D eigenvalue weighted by molar-refractivity contribution is 8.13. The number of nitrogens with zero attached hydrogens (tertiary/aromatic N) is 3. The molecule has 1 unspecified atom stereocenters. The first kappa shape index (κ1) is 25.2. The average Bonchev–Trinajstić information content (AvgIpc) is 3.25. The lowest BCUT2D eigenvalue weighted by Gasteiger charge is -2.17. The fourth-order valence-corrected chi connectivity index (χ4v) is 4.90. The molecule has 1 aromatic carbocycles. The summed E-state index contributed by atoms with van der Waals surface area (Å²) in [5.41, 5.74) is 2.69. The number of anilines is 2. The van der Waals surface area contributed by atoms with E-state index >= 15 is 0 Å². The van der Waals surface area contributed by atoms with E-state index in [1.54, 1.807) is 23.1 Å². The SMILES string of the molecule is CCC(CO)CCNc1nc(NCc2ccc(C)s2)nc(C)c1C(=Nc1ccccc1)SC. The van der Waals surface area contributed by atoms with Crippen LogP contribution in [0, 0.1) is 19.8 Å². The second kappa shape index (κ2) is 12.7. The molecule has 3 rings (SSSR count). The molecule has 2 heterocycles. The van der Waals surface area contributed by atoms with Gasteiger partial charge in [-0.05, 0) is 56.7 Å². The Balaban J connectivity index is 1.90. The number of para-hydroxylation sites is 1. The van der Waals surface area contributed by atoms with Crippen LogP contribution in [-0.2, 0) is 6.54 Å². The lowest BCUT2D eigenvalue weighted by molar-refractivity contribution is 0.217. The van der Waals surface area contributed by atoms with Gasteiger partial charge >= 0.3 is 0 Å². The van der Waals surface area contributed by atoms with Crippen LogP contribution in [0.25, 0.3) is 0 Å². The topological polar surface area (TPSA) is 82.4 Å². The van der Waals surface area contributed by atoms with Crippen molar-refractivity contribution in [3.05, 3.63) is 63.5 Å². The zero-order valence-electron chi connectivity index (χ0n) is 19.8. The molecule has 6 nitrogen and oxygen atoms in total. The van der Waals surface area contributed by atoms with Crippen molar-refractivity contribution in [1.82, 2.24) is 9.97 Å². The number of hydrogen-bond acceptors (Lipinski definition) is 8. The Hall–Kier alpha value is -2.42. The van der Waals surface area contributed by atoms with E-state index in [1.807, 2.05) is 43.5 Å². The van der Waals surface area contributed by atoms with Crippen molar-refractivity contribution >= 4 is 45.6 Å². The van der Waals surface area contributed by atoms with E-state index in [1.165, 1.54) is 9.75 Å². The van der Waals surface area contributed by atoms with E-state index in [0.717, 1.165) is 47.2 Å². The molecule has 0 aliphatic carbocycles. The number of aliphatic imine (C=N–C) groups is 1. The molecule has 0 aliphatic heterocycles. The van der Waals surface area contributed by atoms with Gasteiger partial charge in [0.15, 0.2) is 0 Å². The van der Waals surface area contributed by atoms with Gasteiger partial charge < -0.3 is 15.7 Å². The highest BCUT2D eigenvalue weighted by atomic mass is 32.2. The number of hydrogen-bond donors (Lipinski definition) is 3. The highest BCUT2D eigenvalue weighted by Gasteiger charge is 2.18. The Morgan fingerprint density at radius 2 is 1.91 bits per heavy atom. The van der Waals surface area contributed by atoms with Crippen molar-refractivity contribution in [2.75, 3.05) is 30.0 Å². The van der Waals surface area contributed by atoms with Crippen molar-refractivity contribution in [2.45, 2.75) is 40.2 Å². The summed E-state index contributed by atoms with van der Waals surface area (Å²) in [5, 5.41) is 17.3. The van der Waals surface area contributed by atoms with Gasteiger partial charge in [-0.25, -0.2) is 9.98 Å². The molecule has 0 saturated heterocycles. The minimum atomic E-state index is 0.201. The van der Waals surface area contributed by atoms with E-state index in [2.05, 4.69) is 36.6 Å². The monoisotopic (exact) mass is 483 g/mol. The summed E-state index contributed by atoms with van der Waals surface area (Å²) >= 11 is 3.36. The van der Waals surface area contributed by atoms with Crippen LogP contribution in [-0.4, -0.2) is 39.5 Å². The molecule has 0 amide bonds.